The Kier molecular flexibility index (Phi) is 3.06. The average molecular weight is 302 g/mol. The number of carbonyl (C=O) groups is 1. The van der Waals surface area contributed by atoms with Crippen molar-refractivity contribution in [2.75, 3.05) is 0 Å². The van der Waals surface area contributed by atoms with E-state index >= 15 is 0 Å². The lowest BCUT2D eigenvalue weighted by Gasteiger charge is -2.27. The number of aryl methyl sites for hydroxylation is 1. The Hall–Kier alpha value is -1.69. The summed E-state index contributed by atoms with van der Waals surface area (Å²) in [5.41, 5.74) is 0. The Bertz CT molecular complexity index is 663. The van der Waals surface area contributed by atoms with Gasteiger partial charge < -0.3 is 9.47 Å². The van der Waals surface area contributed by atoms with Gasteiger partial charge >= 0.3 is 0 Å². The van der Waals surface area contributed by atoms with Gasteiger partial charge in [-0.25, -0.2) is 0 Å². The first-order valence-electron chi connectivity index (χ1n) is 7.55. The fourth-order valence-corrected chi connectivity index (χ4v) is 4.28. The lowest BCUT2D eigenvalue weighted by atomic mass is 10.1. The van der Waals surface area contributed by atoms with Gasteiger partial charge in [-0.1, -0.05) is 13.0 Å². The molecule has 21 heavy (non-hydrogen) atoms. The third-order valence-electron chi connectivity index (χ3n) is 4.62. The summed E-state index contributed by atoms with van der Waals surface area (Å²) in [6.07, 6.45) is 3.89. The molecule has 0 aliphatic carbocycles. The minimum Gasteiger partial charge on any atom is -0.330 e. The molecular weight excluding hydrogens is 284 g/mol. The van der Waals surface area contributed by atoms with E-state index in [9.17, 15) is 4.79 Å². The van der Waals surface area contributed by atoms with Crippen molar-refractivity contribution >= 4 is 17.2 Å². The maximum Gasteiger partial charge on any atom is 0.264 e. The Morgan fingerprint density at radius 3 is 3.00 bits per heavy atom. The smallest absolute Gasteiger partial charge is 0.264 e. The molecule has 2 aromatic rings. The van der Waals surface area contributed by atoms with Gasteiger partial charge in [0, 0.05) is 25.4 Å². The normalized spacial score (nSPS) is 24.0. The van der Waals surface area contributed by atoms with Crippen molar-refractivity contribution in [3.05, 3.63) is 34.0 Å². The number of hydrogen-bond acceptors (Lipinski definition) is 4. The number of aromatic nitrogens is 3. The van der Waals surface area contributed by atoms with E-state index in [0.717, 1.165) is 48.8 Å². The first kappa shape index (κ1) is 13.0. The van der Waals surface area contributed by atoms with Crippen LogP contribution in [0, 0.1) is 0 Å². The average Bonchev–Trinajstić information content (AvgIpc) is 3.17. The molecule has 4 heterocycles. The van der Waals surface area contributed by atoms with Crippen LogP contribution in [0.5, 0.6) is 0 Å². The van der Waals surface area contributed by atoms with E-state index in [0.29, 0.717) is 0 Å². The van der Waals surface area contributed by atoms with Crippen molar-refractivity contribution in [2.45, 2.75) is 51.2 Å². The van der Waals surface area contributed by atoms with Gasteiger partial charge in [0.15, 0.2) is 0 Å². The summed E-state index contributed by atoms with van der Waals surface area (Å²) in [5.74, 6) is 2.28. The van der Waals surface area contributed by atoms with Crippen LogP contribution >= 0.6 is 11.3 Å². The Morgan fingerprint density at radius 1 is 1.38 bits per heavy atom. The number of thiophene rings is 1. The molecule has 0 radical (unpaired) electrons. The van der Waals surface area contributed by atoms with Gasteiger partial charge in [-0.3, -0.25) is 4.79 Å². The first-order valence-corrected chi connectivity index (χ1v) is 8.43. The van der Waals surface area contributed by atoms with Crippen molar-refractivity contribution in [1.29, 1.82) is 0 Å². The molecule has 2 aliphatic heterocycles. The van der Waals surface area contributed by atoms with E-state index < -0.39 is 0 Å². The maximum absolute atomic E-state index is 12.8. The van der Waals surface area contributed by atoms with E-state index in [1.54, 1.807) is 0 Å². The van der Waals surface area contributed by atoms with Gasteiger partial charge in [-0.05, 0) is 24.3 Å². The summed E-state index contributed by atoms with van der Waals surface area (Å²) < 4.78 is 2.23. The van der Waals surface area contributed by atoms with Crippen LogP contribution in [0.2, 0.25) is 0 Å². The monoisotopic (exact) mass is 302 g/mol. The number of amides is 1. The van der Waals surface area contributed by atoms with Gasteiger partial charge in [0.1, 0.15) is 11.6 Å². The number of fused-ring (bicyclic) bond motifs is 3. The minimum absolute atomic E-state index is 0.189. The van der Waals surface area contributed by atoms with Crippen molar-refractivity contribution in [2.24, 2.45) is 0 Å². The van der Waals surface area contributed by atoms with Gasteiger partial charge in [-0.15, -0.1) is 21.5 Å². The Balaban J connectivity index is 1.68. The van der Waals surface area contributed by atoms with Crippen molar-refractivity contribution < 1.29 is 4.79 Å². The molecule has 2 atom stereocenters. The van der Waals surface area contributed by atoms with E-state index in [1.807, 2.05) is 17.5 Å². The molecule has 110 valence electrons. The van der Waals surface area contributed by atoms with Gasteiger partial charge in [-0.2, -0.15) is 0 Å². The molecule has 2 bridgehead atoms. The molecule has 2 aromatic heterocycles. The summed E-state index contributed by atoms with van der Waals surface area (Å²) in [7, 11) is 0. The van der Waals surface area contributed by atoms with E-state index in [1.165, 1.54) is 11.3 Å². The van der Waals surface area contributed by atoms with Gasteiger partial charge in [0.05, 0.1) is 10.9 Å². The predicted octanol–water partition coefficient (Wildman–Crippen LogP) is 2.13. The SMILES string of the molecule is CCc1nnc2n1CC1CCC(C2)N1C(=O)c1cccs1. The van der Waals surface area contributed by atoms with Crippen LogP contribution in [-0.4, -0.2) is 37.7 Å². The standard InChI is InChI=1S/C15H18N4OS/c1-2-13-16-17-14-8-10-5-6-11(9-18(13)14)19(10)15(20)12-4-3-7-21-12/h3-4,7,10-11H,2,5-6,8-9H2,1H3. The number of nitrogens with zero attached hydrogens (tertiary/aromatic N) is 4. The fourth-order valence-electron chi connectivity index (χ4n) is 3.62. The highest BCUT2D eigenvalue weighted by molar-refractivity contribution is 7.12. The van der Waals surface area contributed by atoms with Gasteiger partial charge in [0.25, 0.3) is 5.91 Å². The molecule has 0 N–H and O–H groups in total. The zero-order chi connectivity index (χ0) is 14.4. The van der Waals surface area contributed by atoms with E-state index in [2.05, 4.69) is 26.6 Å². The minimum atomic E-state index is 0.189. The molecule has 1 fully saturated rings. The van der Waals surface area contributed by atoms with Crippen molar-refractivity contribution in [3.8, 4) is 0 Å². The Labute approximate surface area is 127 Å². The van der Waals surface area contributed by atoms with E-state index in [-0.39, 0.29) is 18.0 Å². The lowest BCUT2D eigenvalue weighted by molar-refractivity contribution is 0.0670. The molecule has 1 saturated heterocycles. The molecule has 5 nitrogen and oxygen atoms in total. The zero-order valence-corrected chi connectivity index (χ0v) is 12.8. The Morgan fingerprint density at radius 2 is 2.24 bits per heavy atom. The van der Waals surface area contributed by atoms with Crippen molar-refractivity contribution in [3.63, 3.8) is 0 Å². The molecule has 6 heteroatoms. The highest BCUT2D eigenvalue weighted by atomic mass is 32.1. The quantitative estimate of drug-likeness (QED) is 0.854. The second kappa shape index (κ2) is 4.94. The lowest BCUT2D eigenvalue weighted by Crippen LogP contribution is -2.41. The molecule has 4 rings (SSSR count). The van der Waals surface area contributed by atoms with Crippen LogP contribution in [0.3, 0.4) is 0 Å². The molecule has 0 spiro atoms. The van der Waals surface area contributed by atoms with Crippen LogP contribution in [0.15, 0.2) is 17.5 Å². The second-order valence-electron chi connectivity index (χ2n) is 5.78. The van der Waals surface area contributed by atoms with Crippen LogP contribution in [0.25, 0.3) is 0 Å². The fraction of sp³-hybridized carbons (Fsp3) is 0.533. The molecular formula is C15H18N4OS. The van der Waals surface area contributed by atoms with Crippen LogP contribution in [-0.2, 0) is 19.4 Å². The number of carbonyl (C=O) groups excluding carboxylic acids is 1. The zero-order valence-electron chi connectivity index (χ0n) is 12.0. The molecule has 0 aromatic carbocycles. The highest BCUT2D eigenvalue weighted by Gasteiger charge is 2.41. The molecule has 2 unspecified atom stereocenters. The largest absolute Gasteiger partial charge is 0.330 e. The summed E-state index contributed by atoms with van der Waals surface area (Å²) in [4.78, 5) is 15.8. The van der Waals surface area contributed by atoms with Gasteiger partial charge in [0.2, 0.25) is 0 Å². The molecule has 1 amide bonds. The topological polar surface area (TPSA) is 51.0 Å². The van der Waals surface area contributed by atoms with Crippen LogP contribution in [0.1, 0.15) is 41.1 Å². The summed E-state index contributed by atoms with van der Waals surface area (Å²) in [5, 5.41) is 10.6. The van der Waals surface area contributed by atoms with Crippen LogP contribution in [0.4, 0.5) is 0 Å². The summed E-state index contributed by atoms with van der Waals surface area (Å²) in [6, 6.07) is 4.43. The number of rotatable bonds is 2. The predicted molar refractivity (Wildman–Crippen MR) is 80.4 cm³/mol. The summed E-state index contributed by atoms with van der Waals surface area (Å²) in [6.45, 7) is 2.95. The van der Waals surface area contributed by atoms with E-state index in [4.69, 9.17) is 0 Å². The third-order valence-corrected chi connectivity index (χ3v) is 5.48. The summed E-state index contributed by atoms with van der Waals surface area (Å²) >= 11 is 1.53. The molecule has 0 saturated carbocycles. The van der Waals surface area contributed by atoms with Crippen LogP contribution < -0.4 is 0 Å². The molecule has 2 aliphatic rings. The van der Waals surface area contributed by atoms with Crippen molar-refractivity contribution in [1.82, 2.24) is 19.7 Å². The first-order chi connectivity index (χ1) is 10.3. The number of hydrogen-bond donors (Lipinski definition) is 0. The maximum atomic E-state index is 12.8. The second-order valence-corrected chi connectivity index (χ2v) is 6.72. The highest BCUT2D eigenvalue weighted by Crippen LogP contribution is 2.33. The third kappa shape index (κ3) is 2.00.